The molecule has 1 atom stereocenters. The van der Waals surface area contributed by atoms with Gasteiger partial charge in [-0.25, -0.2) is 8.42 Å². The molecule has 1 amide bonds. The fourth-order valence-corrected chi connectivity index (χ4v) is 3.27. The number of nitrogens with zero attached hydrogens (tertiary/aromatic N) is 1. The molecule has 0 aromatic rings. The second-order valence-corrected chi connectivity index (χ2v) is 7.70. The van der Waals surface area contributed by atoms with Gasteiger partial charge in [0.25, 0.3) is 0 Å². The van der Waals surface area contributed by atoms with Gasteiger partial charge in [-0.1, -0.05) is 6.92 Å². The van der Waals surface area contributed by atoms with Crippen LogP contribution in [0.5, 0.6) is 0 Å². The number of carbonyl (C=O) groups is 1. The van der Waals surface area contributed by atoms with Crippen molar-refractivity contribution in [2.45, 2.75) is 39.7 Å². The fourth-order valence-electron chi connectivity index (χ4n) is 2.12. The number of hydrogen-bond donors (Lipinski definition) is 1. The van der Waals surface area contributed by atoms with Crippen molar-refractivity contribution in [1.82, 2.24) is 10.2 Å². The van der Waals surface area contributed by atoms with Crippen molar-refractivity contribution in [2.75, 3.05) is 31.1 Å². The van der Waals surface area contributed by atoms with E-state index in [4.69, 9.17) is 0 Å². The average molecular weight is 290 g/mol. The lowest BCUT2D eigenvalue weighted by molar-refractivity contribution is -0.131. The number of likely N-dealkylation sites (N-methyl/N-ethyl adjacent to an activating group) is 1. The minimum atomic E-state index is -3.05. The lowest BCUT2D eigenvalue weighted by Gasteiger charge is -2.28. The Labute approximate surface area is 116 Å². The number of sulfone groups is 1. The van der Waals surface area contributed by atoms with Crippen LogP contribution in [0.15, 0.2) is 0 Å². The predicted octanol–water partition coefficient (Wildman–Crippen LogP) is 0.658. The van der Waals surface area contributed by atoms with Crippen LogP contribution in [0.3, 0.4) is 0 Å². The molecule has 0 bridgehead atoms. The Hall–Kier alpha value is -0.620. The van der Waals surface area contributed by atoms with Crippen molar-refractivity contribution in [2.24, 2.45) is 5.92 Å². The van der Waals surface area contributed by atoms with Crippen LogP contribution in [0.1, 0.15) is 33.6 Å². The van der Waals surface area contributed by atoms with E-state index >= 15 is 0 Å². The van der Waals surface area contributed by atoms with E-state index in [0.717, 1.165) is 12.5 Å². The van der Waals surface area contributed by atoms with Crippen LogP contribution in [0, 0.1) is 5.92 Å². The molecule has 0 aliphatic heterocycles. The van der Waals surface area contributed by atoms with Crippen LogP contribution in [-0.4, -0.2) is 56.4 Å². The van der Waals surface area contributed by atoms with E-state index in [1.165, 1.54) is 12.8 Å². The Morgan fingerprint density at radius 3 is 2.47 bits per heavy atom. The maximum Gasteiger partial charge on any atom is 0.236 e. The molecule has 1 aliphatic rings. The summed E-state index contributed by atoms with van der Waals surface area (Å²) in [6, 6.07) is -0.259. The third-order valence-corrected chi connectivity index (χ3v) is 5.40. The van der Waals surface area contributed by atoms with Crippen molar-refractivity contribution >= 4 is 15.7 Å². The molecule has 1 N–H and O–H groups in total. The molecule has 6 heteroatoms. The third kappa shape index (κ3) is 5.91. The maximum absolute atomic E-state index is 12.1. The number of amides is 1. The summed E-state index contributed by atoms with van der Waals surface area (Å²) in [6.07, 6.45) is 2.51. The highest BCUT2D eigenvalue weighted by Gasteiger charge is 2.24. The summed E-state index contributed by atoms with van der Waals surface area (Å²) in [5.74, 6) is 0.900. The first-order valence-electron chi connectivity index (χ1n) is 7.10. The number of hydrogen-bond acceptors (Lipinski definition) is 4. The Bertz CT molecular complexity index is 391. The summed E-state index contributed by atoms with van der Waals surface area (Å²) in [7, 11) is -3.05. The predicted molar refractivity (Wildman–Crippen MR) is 76.8 cm³/mol. The molecule has 0 saturated heterocycles. The third-order valence-electron chi connectivity index (χ3n) is 3.53. The lowest BCUT2D eigenvalue weighted by atomic mass is 10.3. The van der Waals surface area contributed by atoms with E-state index in [1.54, 1.807) is 18.7 Å². The zero-order chi connectivity index (χ0) is 14.5. The first-order valence-corrected chi connectivity index (χ1v) is 8.92. The Morgan fingerprint density at radius 2 is 2.00 bits per heavy atom. The maximum atomic E-state index is 12.1. The Morgan fingerprint density at radius 1 is 1.37 bits per heavy atom. The van der Waals surface area contributed by atoms with Gasteiger partial charge in [-0.2, -0.15) is 0 Å². The van der Waals surface area contributed by atoms with Crippen LogP contribution in [0.25, 0.3) is 0 Å². The molecular formula is C13H26N2O3S. The molecule has 1 rings (SSSR count). The van der Waals surface area contributed by atoms with Crippen molar-refractivity contribution < 1.29 is 13.2 Å². The van der Waals surface area contributed by atoms with Crippen molar-refractivity contribution in [3.8, 4) is 0 Å². The SMILES string of the molecule is CCN(C(=O)CNCC1CC1)C(C)CS(=O)(=O)CC. The smallest absolute Gasteiger partial charge is 0.236 e. The van der Waals surface area contributed by atoms with E-state index < -0.39 is 9.84 Å². The topological polar surface area (TPSA) is 66.5 Å². The van der Waals surface area contributed by atoms with Crippen molar-refractivity contribution in [3.63, 3.8) is 0 Å². The Balaban J connectivity index is 2.42. The first kappa shape index (κ1) is 16.4. The number of rotatable bonds is 9. The Kier molecular flexibility index (Phi) is 6.26. The van der Waals surface area contributed by atoms with Crippen molar-refractivity contribution in [1.29, 1.82) is 0 Å². The summed E-state index contributed by atoms with van der Waals surface area (Å²) in [4.78, 5) is 13.7. The normalized spacial score (nSPS) is 17.2. The largest absolute Gasteiger partial charge is 0.338 e. The van der Waals surface area contributed by atoms with E-state index in [9.17, 15) is 13.2 Å². The molecular weight excluding hydrogens is 264 g/mol. The monoisotopic (exact) mass is 290 g/mol. The minimum absolute atomic E-state index is 0.0121. The first-order chi connectivity index (χ1) is 8.89. The summed E-state index contributed by atoms with van der Waals surface area (Å²) in [5.41, 5.74) is 0. The summed E-state index contributed by atoms with van der Waals surface area (Å²) in [5, 5.41) is 3.15. The molecule has 0 heterocycles. The molecule has 112 valence electrons. The van der Waals surface area contributed by atoms with Crippen LogP contribution in [-0.2, 0) is 14.6 Å². The molecule has 0 radical (unpaired) electrons. The zero-order valence-corrected chi connectivity index (χ0v) is 13.0. The highest BCUT2D eigenvalue weighted by Crippen LogP contribution is 2.27. The summed E-state index contributed by atoms with van der Waals surface area (Å²) >= 11 is 0. The summed E-state index contributed by atoms with van der Waals surface area (Å²) in [6.45, 7) is 7.07. The van der Waals surface area contributed by atoms with Crippen LogP contribution in [0.4, 0.5) is 0 Å². The molecule has 1 unspecified atom stereocenters. The van der Waals surface area contributed by atoms with E-state index in [1.807, 2.05) is 6.92 Å². The number of nitrogens with one attached hydrogen (secondary N) is 1. The van der Waals surface area contributed by atoms with Gasteiger partial charge in [0.1, 0.15) is 0 Å². The molecule has 1 aliphatic carbocycles. The molecule has 0 spiro atoms. The summed E-state index contributed by atoms with van der Waals surface area (Å²) < 4.78 is 23.2. The van der Waals surface area contributed by atoms with Gasteiger partial charge in [0.15, 0.2) is 9.84 Å². The van der Waals surface area contributed by atoms with Crippen molar-refractivity contribution in [3.05, 3.63) is 0 Å². The fraction of sp³-hybridized carbons (Fsp3) is 0.923. The van der Waals surface area contributed by atoms with Gasteiger partial charge in [0.05, 0.1) is 12.3 Å². The van der Waals surface area contributed by atoms with E-state index in [0.29, 0.717) is 13.1 Å². The van der Waals surface area contributed by atoms with Gasteiger partial charge in [-0.05, 0) is 39.2 Å². The minimum Gasteiger partial charge on any atom is -0.338 e. The highest BCUT2D eigenvalue weighted by molar-refractivity contribution is 7.91. The second kappa shape index (κ2) is 7.24. The molecule has 1 fully saturated rings. The van der Waals surface area contributed by atoms with Gasteiger partial charge in [-0.15, -0.1) is 0 Å². The van der Waals surface area contributed by atoms with E-state index in [2.05, 4.69) is 5.32 Å². The lowest BCUT2D eigenvalue weighted by Crippen LogP contribution is -2.46. The zero-order valence-electron chi connectivity index (χ0n) is 12.2. The van der Waals surface area contributed by atoms with Gasteiger partial charge in [-0.3, -0.25) is 4.79 Å². The van der Waals surface area contributed by atoms with Gasteiger partial charge in [0.2, 0.25) is 5.91 Å². The van der Waals surface area contributed by atoms with E-state index in [-0.39, 0.29) is 23.5 Å². The molecule has 19 heavy (non-hydrogen) atoms. The second-order valence-electron chi connectivity index (χ2n) is 5.30. The molecule has 0 aromatic carbocycles. The molecule has 1 saturated carbocycles. The average Bonchev–Trinajstić information content (AvgIpc) is 3.13. The van der Waals surface area contributed by atoms with Gasteiger partial charge < -0.3 is 10.2 Å². The van der Waals surface area contributed by atoms with Gasteiger partial charge in [0, 0.05) is 18.3 Å². The molecule has 0 aromatic heterocycles. The number of carbonyl (C=O) groups excluding carboxylic acids is 1. The van der Waals surface area contributed by atoms with Crippen LogP contribution < -0.4 is 5.32 Å². The van der Waals surface area contributed by atoms with Gasteiger partial charge >= 0.3 is 0 Å². The quantitative estimate of drug-likeness (QED) is 0.677. The van der Waals surface area contributed by atoms with Crippen LogP contribution >= 0.6 is 0 Å². The molecule has 5 nitrogen and oxygen atoms in total. The standard InChI is InChI=1S/C13H26N2O3S/c1-4-15(11(3)10-19(17,18)5-2)13(16)9-14-8-12-6-7-12/h11-12,14H,4-10H2,1-3H3. The van der Waals surface area contributed by atoms with Crippen LogP contribution in [0.2, 0.25) is 0 Å². The highest BCUT2D eigenvalue weighted by atomic mass is 32.2.